The van der Waals surface area contributed by atoms with Crippen LogP contribution in [0.15, 0.2) is 182 Å². The number of ether oxygens (including phenoxy) is 5. The van der Waals surface area contributed by atoms with Crippen LogP contribution in [-0.4, -0.2) is 65.3 Å². The maximum Gasteiger partial charge on any atom is 0.494 e. The third-order valence-corrected chi connectivity index (χ3v) is 13.1. The van der Waals surface area contributed by atoms with Crippen LogP contribution in [0.5, 0.6) is 34.5 Å². The molecule has 1 aliphatic rings. The highest BCUT2D eigenvalue weighted by Gasteiger charge is 2.51. The van der Waals surface area contributed by atoms with Crippen molar-refractivity contribution in [3.8, 4) is 57.0 Å². The predicted octanol–water partition coefficient (Wildman–Crippen LogP) is 15.6. The summed E-state index contributed by atoms with van der Waals surface area (Å²) >= 11 is 23.2. The van der Waals surface area contributed by atoms with Gasteiger partial charge in [-0.25, -0.2) is 37.7 Å². The average molecular weight is 1220 g/mol. The van der Waals surface area contributed by atoms with Crippen molar-refractivity contribution >= 4 is 76.8 Å². The van der Waals surface area contributed by atoms with Crippen LogP contribution < -0.4 is 25.4 Å². The highest BCUT2D eigenvalue weighted by Crippen LogP contribution is 2.37. The van der Waals surface area contributed by atoms with Gasteiger partial charge in [0.15, 0.2) is 11.4 Å². The number of rotatable bonds is 12. The summed E-state index contributed by atoms with van der Waals surface area (Å²) in [6.07, 6.45) is 0. The molecule has 0 radical (unpaired) electrons. The number of benzene rings is 6. The van der Waals surface area contributed by atoms with Crippen molar-refractivity contribution in [3.63, 3.8) is 0 Å². The fraction of sp³-hybridized carbons (Fsp3) is 0.129. The monoisotopic (exact) mass is 1220 g/mol. The van der Waals surface area contributed by atoms with Crippen LogP contribution in [0.2, 0.25) is 20.2 Å². The maximum absolute atomic E-state index is 12.9. The van der Waals surface area contributed by atoms with Crippen molar-refractivity contribution in [1.82, 2.24) is 15.0 Å². The van der Waals surface area contributed by atoms with Gasteiger partial charge in [0, 0.05) is 26.2 Å². The van der Waals surface area contributed by atoms with Gasteiger partial charge in [0.1, 0.15) is 62.8 Å². The van der Waals surface area contributed by atoms with Crippen molar-refractivity contribution in [2.24, 2.45) is 5.73 Å². The molecule has 0 unspecified atom stereocenters. The van der Waals surface area contributed by atoms with Crippen LogP contribution in [0.1, 0.15) is 59.2 Å². The molecule has 0 aliphatic carbocycles. The molecule has 1 fully saturated rings. The smallest absolute Gasteiger partial charge is 0.464 e. The first-order valence-electron chi connectivity index (χ1n) is 25.1. The number of pyridine rings is 3. The summed E-state index contributed by atoms with van der Waals surface area (Å²) in [6.45, 7) is 8.11. The number of hydrogen-bond acceptors (Lipinski definition) is 13. The number of carbonyl (C=O) groups is 3. The number of nitrogens with two attached hydrogens (primary N) is 1. The first kappa shape index (κ1) is 63.1. The molecule has 1 aliphatic heterocycles. The van der Waals surface area contributed by atoms with E-state index < -0.39 is 17.8 Å². The number of halogens is 7. The van der Waals surface area contributed by atoms with Gasteiger partial charge in [0.25, 0.3) is 5.91 Å². The summed E-state index contributed by atoms with van der Waals surface area (Å²) in [5.41, 5.74) is 8.40. The second-order valence-corrected chi connectivity index (χ2v) is 20.5. The molecule has 0 bridgehead atoms. The highest BCUT2D eigenvalue weighted by molar-refractivity contribution is 6.62. The molecule has 3 aromatic heterocycles. The van der Waals surface area contributed by atoms with Crippen LogP contribution in [0.4, 0.5) is 13.2 Å². The lowest BCUT2D eigenvalue weighted by atomic mass is 9.79. The van der Waals surface area contributed by atoms with Crippen molar-refractivity contribution < 1.29 is 60.5 Å². The fourth-order valence-corrected chi connectivity index (χ4v) is 8.16. The fourth-order valence-electron chi connectivity index (χ4n) is 7.28. The summed E-state index contributed by atoms with van der Waals surface area (Å²) in [7, 11) is 2.16. The van der Waals surface area contributed by atoms with Gasteiger partial charge in [0.2, 0.25) is 0 Å². The predicted molar refractivity (Wildman–Crippen MR) is 316 cm³/mol. The Bertz CT molecular complexity index is 3690. The summed E-state index contributed by atoms with van der Waals surface area (Å²) in [4.78, 5) is 46.0. The van der Waals surface area contributed by atoms with Gasteiger partial charge < -0.3 is 38.7 Å². The number of aromatic nitrogens is 3. The van der Waals surface area contributed by atoms with Gasteiger partial charge in [-0.2, -0.15) is 0 Å². The van der Waals surface area contributed by atoms with Crippen molar-refractivity contribution in [2.45, 2.75) is 38.9 Å². The van der Waals surface area contributed by atoms with Crippen LogP contribution in [0.3, 0.4) is 0 Å². The average Bonchev–Trinajstić information content (AvgIpc) is 2.94. The molecule has 6 aromatic carbocycles. The summed E-state index contributed by atoms with van der Waals surface area (Å²) in [5.74, 6) is 0.817. The lowest BCUT2D eigenvalue weighted by Gasteiger charge is -2.32. The minimum atomic E-state index is -0.644. The van der Waals surface area contributed by atoms with E-state index in [1.807, 2.05) is 52.0 Å². The molecule has 1 saturated heterocycles. The number of carbonyl (C=O) groups excluding carboxylic acids is 3. The van der Waals surface area contributed by atoms with Gasteiger partial charge in [-0.1, -0.05) is 58.5 Å². The molecule has 4 heterocycles. The summed E-state index contributed by atoms with van der Waals surface area (Å²) in [6, 6.07) is 48.1. The first-order valence-corrected chi connectivity index (χ1v) is 26.6. The van der Waals surface area contributed by atoms with Crippen molar-refractivity contribution in [2.75, 3.05) is 14.2 Å². The van der Waals surface area contributed by atoms with Gasteiger partial charge in [-0.15, -0.1) is 0 Å². The van der Waals surface area contributed by atoms with Crippen LogP contribution in [0.25, 0.3) is 22.5 Å². The normalized spacial score (nSPS) is 12.6. The van der Waals surface area contributed by atoms with Crippen LogP contribution >= 0.6 is 46.4 Å². The molecule has 84 heavy (non-hydrogen) atoms. The molecule has 0 atom stereocenters. The topological polar surface area (TPSA) is 181 Å². The van der Waals surface area contributed by atoms with E-state index in [0.717, 1.165) is 16.6 Å². The highest BCUT2D eigenvalue weighted by atomic mass is 35.5. The van der Waals surface area contributed by atoms with E-state index in [9.17, 15) is 27.6 Å². The van der Waals surface area contributed by atoms with Crippen LogP contribution in [-0.2, 0) is 18.8 Å². The van der Waals surface area contributed by atoms with Gasteiger partial charge in [-0.05, 0) is 203 Å². The summed E-state index contributed by atoms with van der Waals surface area (Å²) < 4.78 is 76.8. The van der Waals surface area contributed by atoms with Gasteiger partial charge in [-0.3, -0.25) is 4.79 Å². The first-order chi connectivity index (χ1) is 40.0. The molecule has 0 spiro atoms. The number of hydrogen-bond donors (Lipinski definition) is 1. The number of methoxy groups -OCH3 is 2. The third-order valence-electron chi connectivity index (χ3n) is 12.2. The molecule has 9 aromatic rings. The molecule has 10 rings (SSSR count). The standard InChI is InChI=1S/C19H13ClFNO3.C18H20BFO3.C18H12ClFN2O2.C7H5Cl2NO2/c1-24-19(23)18-11-13(20)10-17(22-18)12-2-6-15(7-3-12)25-16-8-4-14(21)5-9-16;1-17(2)18(3,4)23-19(22-17)13-5-9-15(10-6-13)21-16-11-7-14(20)8-12-16;19-12-9-16(22-17(10-12)18(21)23)11-1-5-14(6-2-11)24-15-7-3-13(20)4-8-15;1-12-7(11)5-2-4(8)3-6(9)10-5/h2-11H,1H3;5-12H,1-4H3;1-10H,(H2,21,23);2-3H,1H3. The molecular formula is C62H50BCl4F3N4O10. The van der Waals surface area contributed by atoms with Gasteiger partial charge >= 0.3 is 19.1 Å². The maximum atomic E-state index is 12.9. The number of esters is 2. The van der Waals surface area contributed by atoms with Gasteiger partial charge in [0.05, 0.1) is 36.8 Å². The van der Waals surface area contributed by atoms with E-state index in [1.54, 1.807) is 97.1 Å². The Morgan fingerprint density at radius 2 is 0.738 bits per heavy atom. The zero-order valence-electron chi connectivity index (χ0n) is 45.5. The van der Waals surface area contributed by atoms with E-state index in [-0.39, 0.29) is 58.0 Å². The minimum Gasteiger partial charge on any atom is -0.464 e. The number of amides is 1. The van der Waals surface area contributed by atoms with E-state index in [1.165, 1.54) is 74.9 Å². The van der Waals surface area contributed by atoms with Crippen molar-refractivity contribution in [1.29, 1.82) is 0 Å². The zero-order chi connectivity index (χ0) is 60.7. The molecule has 0 saturated carbocycles. The summed E-state index contributed by atoms with van der Waals surface area (Å²) in [5, 5.41) is 1.29. The molecule has 22 heteroatoms. The molecular weight excluding hydrogens is 1170 g/mol. The molecule has 14 nitrogen and oxygen atoms in total. The Balaban J connectivity index is 0.000000165. The van der Waals surface area contributed by atoms with E-state index in [4.69, 9.17) is 75.7 Å². The number of nitrogens with zero attached hydrogens (tertiary/aromatic N) is 3. The largest absolute Gasteiger partial charge is 0.494 e. The van der Waals surface area contributed by atoms with E-state index in [0.29, 0.717) is 61.0 Å². The molecule has 430 valence electrons. The van der Waals surface area contributed by atoms with Crippen LogP contribution in [0, 0.1) is 17.5 Å². The quantitative estimate of drug-likeness (QED) is 0.0694. The third kappa shape index (κ3) is 18.0. The SMILES string of the molecule is CC1(C)OB(c2ccc(Oc3ccc(F)cc3)cc2)OC1(C)C.COC(=O)c1cc(Cl)cc(-c2ccc(Oc3ccc(F)cc3)cc2)n1.COC(=O)c1cc(Cl)cc(Cl)n1.NC(=O)c1cc(Cl)cc(-c2ccc(Oc3ccc(F)cc3)cc2)n1. The Morgan fingerprint density at radius 1 is 0.440 bits per heavy atom. The van der Waals surface area contributed by atoms with E-state index in [2.05, 4.69) is 24.4 Å². The Labute approximate surface area is 502 Å². The molecule has 1 amide bonds. The lowest BCUT2D eigenvalue weighted by Crippen LogP contribution is -2.41. The Hall–Kier alpha value is -8.49. The second kappa shape index (κ2) is 28.7. The minimum absolute atomic E-state index is 0.101. The lowest BCUT2D eigenvalue weighted by molar-refractivity contribution is 0.00578. The van der Waals surface area contributed by atoms with Crippen molar-refractivity contribution in [3.05, 3.63) is 237 Å². The molecule has 2 N–H and O–H groups in total. The number of primary amides is 1. The Kier molecular flexibility index (Phi) is 21.5. The second-order valence-electron chi connectivity index (χ2n) is 18.8. The zero-order valence-corrected chi connectivity index (χ0v) is 48.6. The Morgan fingerprint density at radius 3 is 1.07 bits per heavy atom. The van der Waals surface area contributed by atoms with E-state index >= 15 is 0 Å².